The fourth-order valence-electron chi connectivity index (χ4n) is 5.66. The number of nitrogens with one attached hydrogen (secondary N) is 2. The van der Waals surface area contributed by atoms with E-state index in [1.54, 1.807) is 6.92 Å². The number of fused-ring (bicyclic) bond motifs is 2. The Hall–Kier alpha value is -2.24. The molecule has 0 aromatic carbocycles. The maximum absolute atomic E-state index is 12.8. The summed E-state index contributed by atoms with van der Waals surface area (Å²) in [6.45, 7) is 4.44. The molecule has 2 bridgehead atoms. The summed E-state index contributed by atoms with van der Waals surface area (Å²) in [6.07, 6.45) is 6.44. The van der Waals surface area contributed by atoms with Gasteiger partial charge in [0, 0.05) is 49.6 Å². The van der Waals surface area contributed by atoms with E-state index < -0.39 is 10.0 Å². The van der Waals surface area contributed by atoms with E-state index >= 15 is 0 Å². The minimum atomic E-state index is -3.20. The van der Waals surface area contributed by atoms with Crippen LogP contribution in [0.3, 0.4) is 0 Å². The Labute approximate surface area is 201 Å². The molecule has 3 fully saturated rings. The van der Waals surface area contributed by atoms with Crippen LogP contribution in [-0.2, 0) is 14.8 Å². The summed E-state index contributed by atoms with van der Waals surface area (Å²) < 4.78 is 33.3. The molecule has 0 amide bonds. The fraction of sp³-hybridized carbons (Fsp3) is 0.696. The van der Waals surface area contributed by atoms with E-state index in [0.717, 1.165) is 62.9 Å². The van der Waals surface area contributed by atoms with E-state index in [4.69, 9.17) is 14.7 Å². The zero-order valence-corrected chi connectivity index (χ0v) is 21.0. The second-order valence-electron chi connectivity index (χ2n) is 9.75. The van der Waals surface area contributed by atoms with Crippen LogP contribution in [0.4, 0.5) is 17.6 Å². The van der Waals surface area contributed by atoms with Crippen LogP contribution in [0.1, 0.15) is 69.4 Å². The van der Waals surface area contributed by atoms with E-state index in [0.29, 0.717) is 17.6 Å². The summed E-state index contributed by atoms with van der Waals surface area (Å²) in [6, 6.07) is 4.16. The lowest BCUT2D eigenvalue weighted by atomic mass is 9.83. The van der Waals surface area contributed by atoms with Gasteiger partial charge >= 0.3 is 0 Å². The predicted octanol–water partition coefficient (Wildman–Crippen LogP) is 3.27. The molecule has 0 radical (unpaired) electrons. The van der Waals surface area contributed by atoms with Crippen molar-refractivity contribution in [1.82, 2.24) is 24.5 Å². The summed E-state index contributed by atoms with van der Waals surface area (Å²) in [5, 5.41) is 10.5. The van der Waals surface area contributed by atoms with Gasteiger partial charge in [-0.15, -0.1) is 0 Å². The van der Waals surface area contributed by atoms with Gasteiger partial charge in [0.1, 0.15) is 5.82 Å². The molecule has 5 heterocycles. The number of aromatic nitrogens is 4. The molecule has 2 N–H and O–H groups in total. The highest BCUT2D eigenvalue weighted by Gasteiger charge is 2.45. The fourth-order valence-corrected chi connectivity index (χ4v) is 7.25. The van der Waals surface area contributed by atoms with Crippen molar-refractivity contribution in [3.63, 3.8) is 0 Å². The summed E-state index contributed by atoms with van der Waals surface area (Å²) in [5.41, 5.74) is 1.84. The van der Waals surface area contributed by atoms with Crippen LogP contribution >= 0.6 is 0 Å². The molecule has 5 rings (SSSR count). The molecule has 4 atom stereocenters. The molecule has 11 heteroatoms. The van der Waals surface area contributed by atoms with Crippen LogP contribution < -0.4 is 10.2 Å². The number of aryl methyl sites for hydroxylation is 1. The highest BCUT2D eigenvalue weighted by Crippen LogP contribution is 2.39. The van der Waals surface area contributed by atoms with Crippen molar-refractivity contribution in [3.05, 3.63) is 23.5 Å². The molecule has 3 aliphatic heterocycles. The number of hydrogen-bond donors (Lipinski definition) is 2. The molecule has 3 aliphatic rings. The Morgan fingerprint density at radius 1 is 1.15 bits per heavy atom. The lowest BCUT2D eigenvalue weighted by Gasteiger charge is -2.49. The number of hydrogen-bond acceptors (Lipinski definition) is 8. The van der Waals surface area contributed by atoms with Crippen LogP contribution in [-0.4, -0.2) is 70.4 Å². The molecule has 2 aromatic heterocycles. The molecule has 10 nitrogen and oxygen atoms in total. The Kier molecular flexibility index (Phi) is 6.51. The quantitative estimate of drug-likeness (QED) is 0.609. The molecule has 0 aliphatic carbocycles. The SMILES string of the molecule is CCS(=O)(=O)N1[C@@H]2CCC[C@H]1C[C@H](N(C)c1nc(Nc3cc(C)[nH]n3)cc([C@H]3CCCO3)n1)C2. The van der Waals surface area contributed by atoms with Gasteiger partial charge in [-0.1, -0.05) is 6.42 Å². The number of piperidine rings is 2. The maximum Gasteiger partial charge on any atom is 0.227 e. The minimum Gasteiger partial charge on any atom is -0.372 e. The van der Waals surface area contributed by atoms with Gasteiger partial charge < -0.3 is 15.0 Å². The number of rotatable bonds is 7. The number of sulfonamides is 1. The molecule has 34 heavy (non-hydrogen) atoms. The van der Waals surface area contributed by atoms with Gasteiger partial charge in [0.05, 0.1) is 17.6 Å². The first-order valence-electron chi connectivity index (χ1n) is 12.4. The van der Waals surface area contributed by atoms with Crippen LogP contribution in [0.25, 0.3) is 0 Å². The topological polar surface area (TPSA) is 116 Å². The number of ether oxygens (including phenoxy) is 1. The highest BCUT2D eigenvalue weighted by atomic mass is 32.2. The molecular formula is C23H35N7O3S. The Balaban J connectivity index is 1.42. The van der Waals surface area contributed by atoms with Crippen molar-refractivity contribution < 1.29 is 13.2 Å². The van der Waals surface area contributed by atoms with Crippen molar-refractivity contribution in [2.24, 2.45) is 0 Å². The molecule has 0 spiro atoms. The molecule has 3 saturated heterocycles. The van der Waals surface area contributed by atoms with Gasteiger partial charge in [-0.2, -0.15) is 14.4 Å². The number of nitrogens with zero attached hydrogens (tertiary/aromatic N) is 5. The summed E-state index contributed by atoms with van der Waals surface area (Å²) >= 11 is 0. The van der Waals surface area contributed by atoms with Crippen LogP contribution in [0, 0.1) is 6.92 Å². The van der Waals surface area contributed by atoms with E-state index in [9.17, 15) is 8.42 Å². The van der Waals surface area contributed by atoms with Crippen LogP contribution in [0.15, 0.2) is 12.1 Å². The molecule has 186 valence electrons. The highest BCUT2D eigenvalue weighted by molar-refractivity contribution is 7.89. The summed E-state index contributed by atoms with van der Waals surface area (Å²) in [5.74, 6) is 2.18. The number of aromatic amines is 1. The summed E-state index contributed by atoms with van der Waals surface area (Å²) in [7, 11) is -1.17. The van der Waals surface area contributed by atoms with Gasteiger partial charge in [0.2, 0.25) is 16.0 Å². The Bertz CT molecular complexity index is 1100. The van der Waals surface area contributed by atoms with E-state index in [1.807, 2.05) is 30.4 Å². The third-order valence-electron chi connectivity index (χ3n) is 7.39. The monoisotopic (exact) mass is 489 g/mol. The Morgan fingerprint density at radius 2 is 1.91 bits per heavy atom. The largest absolute Gasteiger partial charge is 0.372 e. The van der Waals surface area contributed by atoms with Crippen LogP contribution in [0.5, 0.6) is 0 Å². The van der Waals surface area contributed by atoms with Crippen LogP contribution in [0.2, 0.25) is 0 Å². The molecular weight excluding hydrogens is 454 g/mol. The van der Waals surface area contributed by atoms with Crippen molar-refractivity contribution in [2.75, 3.05) is 29.6 Å². The van der Waals surface area contributed by atoms with E-state index in [1.165, 1.54) is 0 Å². The maximum atomic E-state index is 12.8. The average molecular weight is 490 g/mol. The van der Waals surface area contributed by atoms with Crippen molar-refractivity contribution >= 4 is 27.6 Å². The number of anilines is 3. The second-order valence-corrected chi connectivity index (χ2v) is 11.9. The average Bonchev–Trinajstić information content (AvgIpc) is 3.49. The lowest BCUT2D eigenvalue weighted by molar-refractivity contribution is 0.107. The van der Waals surface area contributed by atoms with Crippen molar-refractivity contribution in [1.29, 1.82) is 0 Å². The third-order valence-corrected chi connectivity index (χ3v) is 9.36. The molecule has 2 aromatic rings. The van der Waals surface area contributed by atoms with Crippen molar-refractivity contribution in [2.45, 2.75) is 83.0 Å². The third kappa shape index (κ3) is 4.65. The normalized spacial score (nSPS) is 27.6. The van der Waals surface area contributed by atoms with E-state index in [-0.39, 0.29) is 30.0 Å². The van der Waals surface area contributed by atoms with Gasteiger partial charge in [0.25, 0.3) is 0 Å². The van der Waals surface area contributed by atoms with Gasteiger partial charge in [-0.25, -0.2) is 13.4 Å². The van der Waals surface area contributed by atoms with Gasteiger partial charge in [-0.3, -0.25) is 5.10 Å². The Morgan fingerprint density at radius 3 is 2.53 bits per heavy atom. The first-order chi connectivity index (χ1) is 16.3. The minimum absolute atomic E-state index is 0.0347. The first kappa shape index (κ1) is 23.5. The van der Waals surface area contributed by atoms with Gasteiger partial charge in [-0.05, 0) is 52.4 Å². The lowest BCUT2D eigenvalue weighted by Crippen LogP contribution is -2.58. The molecule has 0 unspecified atom stereocenters. The van der Waals surface area contributed by atoms with Gasteiger partial charge in [0.15, 0.2) is 5.82 Å². The summed E-state index contributed by atoms with van der Waals surface area (Å²) in [4.78, 5) is 11.9. The molecule has 0 saturated carbocycles. The van der Waals surface area contributed by atoms with E-state index in [2.05, 4.69) is 20.4 Å². The number of H-pyrrole nitrogens is 1. The smallest absolute Gasteiger partial charge is 0.227 e. The zero-order chi connectivity index (χ0) is 23.9. The predicted molar refractivity (Wildman–Crippen MR) is 131 cm³/mol. The van der Waals surface area contributed by atoms with Crippen molar-refractivity contribution in [3.8, 4) is 0 Å². The standard InChI is InChI=1S/C23H35N7O3S/c1-4-34(31,32)30-16-7-5-8-17(30)13-18(12-16)29(3)23-24-19(20-9-6-10-33-20)14-21(26-23)25-22-11-15(2)27-28-22/h11,14,16-18,20H,4-10,12-13H2,1-3H3,(H2,24,25,26,27,28)/t16-,17+,18-,20-/m1/s1. The zero-order valence-electron chi connectivity index (χ0n) is 20.2. The second kappa shape index (κ2) is 9.43. The first-order valence-corrected chi connectivity index (χ1v) is 14.0.